The highest BCUT2D eigenvalue weighted by molar-refractivity contribution is 5.56. The summed E-state index contributed by atoms with van der Waals surface area (Å²) in [6.45, 7) is 2.22. The van der Waals surface area contributed by atoms with Crippen LogP contribution < -0.4 is 16.6 Å². The van der Waals surface area contributed by atoms with Crippen LogP contribution in [0.2, 0.25) is 0 Å². The standard InChI is InChI=1S/C12H14N4O/c1-8-14-11(6-12(17)15-8)16-10-4-2-3-9(5-10)7-13/h2-6H,7,13H2,1H3,(H2,14,15,16,17). The smallest absolute Gasteiger partial charge is 0.252 e. The molecule has 0 atom stereocenters. The van der Waals surface area contributed by atoms with Gasteiger partial charge in [-0.05, 0) is 24.6 Å². The second-order valence-corrected chi connectivity index (χ2v) is 3.75. The summed E-state index contributed by atoms with van der Waals surface area (Å²) in [6.07, 6.45) is 0. The number of aryl methyl sites for hydroxylation is 1. The summed E-state index contributed by atoms with van der Waals surface area (Å²) >= 11 is 0. The highest BCUT2D eigenvalue weighted by Gasteiger charge is 1.99. The maximum Gasteiger partial charge on any atom is 0.252 e. The lowest BCUT2D eigenvalue weighted by Crippen LogP contribution is -2.10. The van der Waals surface area contributed by atoms with Gasteiger partial charge in [-0.1, -0.05) is 12.1 Å². The molecule has 1 aromatic heterocycles. The summed E-state index contributed by atoms with van der Waals surface area (Å²) in [6, 6.07) is 9.10. The lowest BCUT2D eigenvalue weighted by Gasteiger charge is -2.07. The zero-order valence-corrected chi connectivity index (χ0v) is 9.53. The molecule has 17 heavy (non-hydrogen) atoms. The molecule has 0 spiro atoms. The fourth-order valence-corrected chi connectivity index (χ4v) is 1.57. The first-order valence-electron chi connectivity index (χ1n) is 5.31. The molecule has 0 aliphatic carbocycles. The molecule has 0 aliphatic rings. The molecule has 0 saturated heterocycles. The first-order valence-corrected chi connectivity index (χ1v) is 5.31. The highest BCUT2D eigenvalue weighted by atomic mass is 16.1. The zero-order chi connectivity index (χ0) is 12.3. The molecule has 1 heterocycles. The van der Waals surface area contributed by atoms with Crippen molar-refractivity contribution in [2.24, 2.45) is 5.73 Å². The van der Waals surface area contributed by atoms with Gasteiger partial charge in [-0.3, -0.25) is 4.79 Å². The molecule has 0 radical (unpaired) electrons. The summed E-state index contributed by atoms with van der Waals surface area (Å²) in [5.41, 5.74) is 7.28. The molecule has 5 heteroatoms. The van der Waals surface area contributed by atoms with Gasteiger partial charge in [0.25, 0.3) is 5.56 Å². The minimum absolute atomic E-state index is 0.171. The molecule has 0 saturated carbocycles. The molecule has 1 aromatic carbocycles. The average Bonchev–Trinajstić information content (AvgIpc) is 2.28. The van der Waals surface area contributed by atoms with E-state index in [1.165, 1.54) is 6.07 Å². The molecule has 0 aliphatic heterocycles. The molecule has 0 fully saturated rings. The number of nitrogens with zero attached hydrogens (tertiary/aromatic N) is 1. The van der Waals surface area contributed by atoms with Crippen molar-refractivity contribution in [3.05, 3.63) is 52.1 Å². The maximum atomic E-state index is 11.3. The van der Waals surface area contributed by atoms with Crippen LogP contribution in [0.3, 0.4) is 0 Å². The topological polar surface area (TPSA) is 83.8 Å². The first kappa shape index (κ1) is 11.3. The monoisotopic (exact) mass is 230 g/mol. The number of nitrogens with one attached hydrogen (secondary N) is 2. The Morgan fingerprint density at radius 3 is 2.94 bits per heavy atom. The molecule has 2 aromatic rings. The summed E-state index contributed by atoms with van der Waals surface area (Å²) < 4.78 is 0. The number of rotatable bonds is 3. The van der Waals surface area contributed by atoms with Crippen LogP contribution in [0.25, 0.3) is 0 Å². The normalized spacial score (nSPS) is 10.2. The molecule has 88 valence electrons. The Bertz CT molecular complexity index is 577. The number of hydrogen-bond acceptors (Lipinski definition) is 4. The summed E-state index contributed by atoms with van der Waals surface area (Å²) in [5.74, 6) is 1.11. The molecule has 4 N–H and O–H groups in total. The van der Waals surface area contributed by atoms with Gasteiger partial charge in [-0.25, -0.2) is 4.98 Å². The summed E-state index contributed by atoms with van der Waals surface area (Å²) in [4.78, 5) is 18.0. The van der Waals surface area contributed by atoms with Crippen molar-refractivity contribution in [2.75, 3.05) is 5.32 Å². The second kappa shape index (κ2) is 4.80. The molecule has 2 rings (SSSR count). The van der Waals surface area contributed by atoms with Gasteiger partial charge in [0.05, 0.1) is 0 Å². The second-order valence-electron chi connectivity index (χ2n) is 3.75. The minimum Gasteiger partial charge on any atom is -0.340 e. The van der Waals surface area contributed by atoms with Gasteiger partial charge in [0.2, 0.25) is 0 Å². The molecule has 0 bridgehead atoms. The van der Waals surface area contributed by atoms with Gasteiger partial charge in [0.1, 0.15) is 11.6 Å². The minimum atomic E-state index is -0.171. The lowest BCUT2D eigenvalue weighted by atomic mass is 10.2. The lowest BCUT2D eigenvalue weighted by molar-refractivity contribution is 1.02. The Kier molecular flexibility index (Phi) is 3.20. The molecular weight excluding hydrogens is 216 g/mol. The van der Waals surface area contributed by atoms with Gasteiger partial charge in [-0.15, -0.1) is 0 Å². The van der Waals surface area contributed by atoms with Crippen LogP contribution in [0.1, 0.15) is 11.4 Å². The number of nitrogens with two attached hydrogens (primary N) is 1. The molecular formula is C12H14N4O. The van der Waals surface area contributed by atoms with E-state index >= 15 is 0 Å². The number of aromatic amines is 1. The van der Waals surface area contributed by atoms with E-state index < -0.39 is 0 Å². The van der Waals surface area contributed by atoms with Crippen molar-refractivity contribution in [3.63, 3.8) is 0 Å². The summed E-state index contributed by atoms with van der Waals surface area (Å²) in [7, 11) is 0. The van der Waals surface area contributed by atoms with E-state index in [0.29, 0.717) is 18.2 Å². The van der Waals surface area contributed by atoms with Crippen LogP contribution in [-0.2, 0) is 6.54 Å². The van der Waals surface area contributed by atoms with Crippen LogP contribution in [0, 0.1) is 6.92 Å². The van der Waals surface area contributed by atoms with Crippen LogP contribution in [-0.4, -0.2) is 9.97 Å². The van der Waals surface area contributed by atoms with E-state index in [1.807, 2.05) is 24.3 Å². The zero-order valence-electron chi connectivity index (χ0n) is 9.53. The van der Waals surface area contributed by atoms with Gasteiger partial charge in [0.15, 0.2) is 0 Å². The van der Waals surface area contributed by atoms with Crippen LogP contribution in [0.5, 0.6) is 0 Å². The third-order valence-corrected chi connectivity index (χ3v) is 2.30. The summed E-state index contributed by atoms with van der Waals surface area (Å²) in [5, 5.41) is 3.07. The van der Waals surface area contributed by atoms with E-state index in [-0.39, 0.29) is 5.56 Å². The van der Waals surface area contributed by atoms with Crippen molar-refractivity contribution in [3.8, 4) is 0 Å². The van der Waals surface area contributed by atoms with Crippen molar-refractivity contribution in [2.45, 2.75) is 13.5 Å². The Balaban J connectivity index is 2.27. The third kappa shape index (κ3) is 2.92. The number of aromatic nitrogens is 2. The number of anilines is 2. The van der Waals surface area contributed by atoms with Gasteiger partial charge >= 0.3 is 0 Å². The number of H-pyrrole nitrogens is 1. The molecule has 0 unspecified atom stereocenters. The maximum absolute atomic E-state index is 11.3. The van der Waals surface area contributed by atoms with Crippen LogP contribution in [0.4, 0.5) is 11.5 Å². The Labute approximate surface area is 98.7 Å². The fourth-order valence-electron chi connectivity index (χ4n) is 1.57. The number of hydrogen-bond donors (Lipinski definition) is 3. The van der Waals surface area contributed by atoms with Crippen molar-refractivity contribution >= 4 is 11.5 Å². The van der Waals surface area contributed by atoms with Gasteiger partial charge < -0.3 is 16.0 Å². The molecule has 5 nitrogen and oxygen atoms in total. The number of benzene rings is 1. The first-order chi connectivity index (χ1) is 8.17. The Hall–Kier alpha value is -2.14. The quantitative estimate of drug-likeness (QED) is 0.741. The Morgan fingerprint density at radius 1 is 1.41 bits per heavy atom. The van der Waals surface area contributed by atoms with Crippen LogP contribution in [0.15, 0.2) is 35.1 Å². The third-order valence-electron chi connectivity index (χ3n) is 2.30. The van der Waals surface area contributed by atoms with E-state index in [9.17, 15) is 4.79 Å². The van der Waals surface area contributed by atoms with Crippen LogP contribution >= 0.6 is 0 Å². The van der Waals surface area contributed by atoms with Gasteiger partial charge in [-0.2, -0.15) is 0 Å². The van der Waals surface area contributed by atoms with E-state index in [4.69, 9.17) is 5.73 Å². The SMILES string of the molecule is Cc1nc(Nc2cccc(CN)c2)cc(=O)[nH]1. The predicted molar refractivity (Wildman–Crippen MR) is 67.2 cm³/mol. The molecule has 0 amide bonds. The fraction of sp³-hybridized carbons (Fsp3) is 0.167. The largest absolute Gasteiger partial charge is 0.340 e. The average molecular weight is 230 g/mol. The van der Waals surface area contributed by atoms with Crippen molar-refractivity contribution in [1.82, 2.24) is 9.97 Å². The highest BCUT2D eigenvalue weighted by Crippen LogP contribution is 2.14. The van der Waals surface area contributed by atoms with Gasteiger partial charge in [0, 0.05) is 18.3 Å². The van der Waals surface area contributed by atoms with E-state index in [2.05, 4.69) is 15.3 Å². The predicted octanol–water partition coefficient (Wildman–Crippen LogP) is 1.28. The Morgan fingerprint density at radius 2 is 2.24 bits per heavy atom. The van der Waals surface area contributed by atoms with E-state index in [1.54, 1.807) is 6.92 Å². The van der Waals surface area contributed by atoms with Crippen molar-refractivity contribution < 1.29 is 0 Å². The van der Waals surface area contributed by atoms with E-state index in [0.717, 1.165) is 11.3 Å². The van der Waals surface area contributed by atoms with Crippen molar-refractivity contribution in [1.29, 1.82) is 0 Å².